The van der Waals surface area contributed by atoms with Gasteiger partial charge in [0.05, 0.1) is 11.2 Å². The first-order chi connectivity index (χ1) is 11.0. The maximum absolute atomic E-state index is 12.6. The van der Waals surface area contributed by atoms with Crippen LogP contribution in [0.15, 0.2) is 30.3 Å². The summed E-state index contributed by atoms with van der Waals surface area (Å²) in [6.07, 6.45) is -0.833. The number of methoxy groups -OCH3 is 1. The smallest absolute Gasteiger partial charge is 0.338 e. The van der Waals surface area contributed by atoms with Gasteiger partial charge >= 0.3 is 13.6 Å². The second kappa shape index (κ2) is 8.04. The van der Waals surface area contributed by atoms with Gasteiger partial charge in [0.25, 0.3) is 0 Å². The van der Waals surface area contributed by atoms with E-state index in [1.54, 1.807) is 24.3 Å². The quantitative estimate of drug-likeness (QED) is 0.555. The normalized spacial score (nSPS) is 24.6. The van der Waals surface area contributed by atoms with Crippen LogP contribution in [0.3, 0.4) is 0 Å². The lowest BCUT2D eigenvalue weighted by molar-refractivity contribution is -0.123. The highest BCUT2D eigenvalue weighted by Crippen LogP contribution is 2.57. The number of benzene rings is 1. The van der Waals surface area contributed by atoms with Crippen molar-refractivity contribution in [2.45, 2.75) is 24.5 Å². The summed E-state index contributed by atoms with van der Waals surface area (Å²) in [5.41, 5.74) is -0.127. The molecule has 1 unspecified atom stereocenters. The highest BCUT2D eigenvalue weighted by molar-refractivity contribution is 7.54. The first-order valence-corrected chi connectivity index (χ1v) is 8.77. The van der Waals surface area contributed by atoms with Gasteiger partial charge in [-0.15, -0.1) is 0 Å². The highest BCUT2D eigenvalue weighted by atomic mass is 31.2. The molecule has 0 N–H and O–H groups in total. The summed E-state index contributed by atoms with van der Waals surface area (Å²) >= 11 is 0. The molecule has 7 nitrogen and oxygen atoms in total. The van der Waals surface area contributed by atoms with E-state index in [-0.39, 0.29) is 6.61 Å². The molecule has 0 radical (unpaired) electrons. The van der Waals surface area contributed by atoms with Crippen molar-refractivity contribution in [3.63, 3.8) is 0 Å². The van der Waals surface area contributed by atoms with Crippen LogP contribution >= 0.6 is 7.60 Å². The van der Waals surface area contributed by atoms with E-state index in [4.69, 9.17) is 23.3 Å². The van der Waals surface area contributed by atoms with Gasteiger partial charge in [-0.1, -0.05) is 18.2 Å². The lowest BCUT2D eigenvalue weighted by Crippen LogP contribution is -2.29. The molecule has 1 saturated heterocycles. The van der Waals surface area contributed by atoms with Gasteiger partial charge in [0.1, 0.15) is 12.7 Å². The van der Waals surface area contributed by atoms with Gasteiger partial charge in [-0.2, -0.15) is 0 Å². The number of carbonyl (C=O) groups excluding carboxylic acids is 1. The van der Waals surface area contributed by atoms with Crippen LogP contribution < -0.4 is 0 Å². The van der Waals surface area contributed by atoms with Crippen LogP contribution in [-0.2, 0) is 27.8 Å². The van der Waals surface area contributed by atoms with Crippen LogP contribution in [0.1, 0.15) is 16.8 Å². The van der Waals surface area contributed by atoms with Crippen LogP contribution in [0.2, 0.25) is 0 Å². The summed E-state index contributed by atoms with van der Waals surface area (Å²) < 4.78 is 38.8. The molecule has 0 amide bonds. The minimum absolute atomic E-state index is 0.0606. The Morgan fingerprint density at radius 1 is 1.22 bits per heavy atom. The Morgan fingerprint density at radius 3 is 2.43 bits per heavy atom. The third-order valence-corrected chi connectivity index (χ3v) is 6.13. The number of rotatable bonds is 7. The van der Waals surface area contributed by atoms with Gasteiger partial charge in [0, 0.05) is 27.8 Å². The molecule has 1 heterocycles. The summed E-state index contributed by atoms with van der Waals surface area (Å²) in [5, 5.41) is 0. The Morgan fingerprint density at radius 2 is 1.87 bits per heavy atom. The summed E-state index contributed by atoms with van der Waals surface area (Å²) in [7, 11) is 0.761. The molecule has 1 aliphatic heterocycles. The monoisotopic (exact) mass is 344 g/mol. The predicted molar refractivity (Wildman–Crippen MR) is 82.4 cm³/mol. The third-order valence-electron chi connectivity index (χ3n) is 3.76. The van der Waals surface area contributed by atoms with Crippen molar-refractivity contribution in [2.24, 2.45) is 0 Å². The molecule has 128 valence electrons. The van der Waals surface area contributed by atoms with E-state index < -0.39 is 31.6 Å². The molecular formula is C15H21O7P. The minimum atomic E-state index is -3.36. The van der Waals surface area contributed by atoms with Crippen molar-refractivity contribution in [2.75, 3.05) is 27.9 Å². The van der Waals surface area contributed by atoms with Gasteiger partial charge in [0.2, 0.25) is 0 Å². The fraction of sp³-hybridized carbons (Fsp3) is 0.533. The van der Waals surface area contributed by atoms with Crippen LogP contribution in [0, 0.1) is 0 Å². The van der Waals surface area contributed by atoms with Crippen molar-refractivity contribution in [1.29, 1.82) is 0 Å². The van der Waals surface area contributed by atoms with Crippen molar-refractivity contribution in [1.82, 2.24) is 0 Å². The molecule has 0 aliphatic carbocycles. The molecule has 1 aliphatic rings. The number of hydrogen-bond donors (Lipinski definition) is 0. The van der Waals surface area contributed by atoms with Gasteiger partial charge in [-0.3, -0.25) is 4.57 Å². The van der Waals surface area contributed by atoms with Crippen LogP contribution in [0.25, 0.3) is 0 Å². The molecule has 1 fully saturated rings. The molecule has 0 saturated carbocycles. The lowest BCUT2D eigenvalue weighted by atomic mass is 10.2. The van der Waals surface area contributed by atoms with E-state index in [9.17, 15) is 9.36 Å². The zero-order valence-electron chi connectivity index (χ0n) is 13.3. The fourth-order valence-electron chi connectivity index (χ4n) is 2.49. The maximum atomic E-state index is 12.6. The number of esters is 1. The van der Waals surface area contributed by atoms with E-state index in [1.165, 1.54) is 21.3 Å². The summed E-state index contributed by atoms with van der Waals surface area (Å²) in [6, 6.07) is 8.61. The third kappa shape index (κ3) is 4.19. The topological polar surface area (TPSA) is 80.3 Å². The standard InChI is InChI=1S/C15H21O7P/c1-18-14-9-13(23(17,19-2)20-3)12(22-14)10-21-15(16)11-7-5-4-6-8-11/h4-8,12-14H,9-10H2,1-3H3/t12-,13?,14+/m1/s1. The maximum Gasteiger partial charge on any atom is 0.338 e. The first kappa shape index (κ1) is 18.1. The van der Waals surface area contributed by atoms with Crippen molar-refractivity contribution in [3.8, 4) is 0 Å². The molecular weight excluding hydrogens is 323 g/mol. The Hall–Kier alpha value is -1.24. The zero-order valence-corrected chi connectivity index (χ0v) is 14.2. The average molecular weight is 344 g/mol. The highest BCUT2D eigenvalue weighted by Gasteiger charge is 2.48. The minimum Gasteiger partial charge on any atom is -0.459 e. The Kier molecular flexibility index (Phi) is 6.33. The van der Waals surface area contributed by atoms with E-state index in [1.807, 2.05) is 6.07 Å². The lowest BCUT2D eigenvalue weighted by Gasteiger charge is -2.24. The second-order valence-electron chi connectivity index (χ2n) is 5.01. The van der Waals surface area contributed by atoms with Crippen LogP contribution in [-0.4, -0.2) is 52.0 Å². The van der Waals surface area contributed by atoms with Crippen LogP contribution in [0.5, 0.6) is 0 Å². The Balaban J connectivity index is 2.04. The molecule has 0 aromatic heterocycles. The molecule has 0 spiro atoms. The molecule has 8 heteroatoms. The second-order valence-corrected chi connectivity index (χ2v) is 7.49. The Labute approximate surface area is 135 Å². The van der Waals surface area contributed by atoms with E-state index >= 15 is 0 Å². The number of ether oxygens (including phenoxy) is 3. The van der Waals surface area contributed by atoms with Crippen molar-refractivity contribution < 1.29 is 32.6 Å². The van der Waals surface area contributed by atoms with Gasteiger partial charge in [-0.05, 0) is 12.1 Å². The molecule has 3 atom stereocenters. The largest absolute Gasteiger partial charge is 0.459 e. The van der Waals surface area contributed by atoms with Crippen molar-refractivity contribution >= 4 is 13.6 Å². The molecule has 2 rings (SSSR count). The van der Waals surface area contributed by atoms with E-state index in [0.29, 0.717) is 12.0 Å². The average Bonchev–Trinajstić information content (AvgIpc) is 3.03. The van der Waals surface area contributed by atoms with Gasteiger partial charge in [-0.25, -0.2) is 4.79 Å². The Bertz CT molecular complexity index is 554. The summed E-state index contributed by atoms with van der Waals surface area (Å²) in [4.78, 5) is 12.0. The summed E-state index contributed by atoms with van der Waals surface area (Å²) in [5.74, 6) is -0.474. The molecule has 0 bridgehead atoms. The predicted octanol–water partition coefficient (Wildman–Crippen LogP) is 2.46. The number of carbonyl (C=O) groups is 1. The molecule has 1 aromatic rings. The van der Waals surface area contributed by atoms with Crippen LogP contribution in [0.4, 0.5) is 0 Å². The van der Waals surface area contributed by atoms with Crippen molar-refractivity contribution in [3.05, 3.63) is 35.9 Å². The fourth-order valence-corrected chi connectivity index (χ4v) is 4.17. The zero-order chi connectivity index (χ0) is 16.9. The molecule has 1 aromatic carbocycles. The number of hydrogen-bond acceptors (Lipinski definition) is 7. The SMILES string of the molecule is CO[C@@H]1CC(P(=O)(OC)OC)[C@@H](COC(=O)c2ccccc2)O1. The van der Waals surface area contributed by atoms with Gasteiger partial charge < -0.3 is 23.3 Å². The first-order valence-electron chi connectivity index (χ1n) is 7.15. The van der Waals surface area contributed by atoms with Gasteiger partial charge in [0.15, 0.2) is 6.29 Å². The van der Waals surface area contributed by atoms with E-state index in [0.717, 1.165) is 0 Å². The summed E-state index contributed by atoms with van der Waals surface area (Å²) in [6.45, 7) is -0.0606. The van der Waals surface area contributed by atoms with E-state index in [2.05, 4.69) is 0 Å². The molecule has 23 heavy (non-hydrogen) atoms.